The molecule has 0 aliphatic rings. The predicted octanol–water partition coefficient (Wildman–Crippen LogP) is 2.07. The summed E-state index contributed by atoms with van der Waals surface area (Å²) in [5.41, 5.74) is 6.08. The lowest BCUT2D eigenvalue weighted by Crippen LogP contribution is -2.19. The molecule has 0 radical (unpaired) electrons. The van der Waals surface area contributed by atoms with Crippen molar-refractivity contribution in [3.63, 3.8) is 0 Å². The van der Waals surface area contributed by atoms with Crippen molar-refractivity contribution in [1.82, 2.24) is 15.0 Å². The number of ether oxygens (including phenoxy) is 1. The van der Waals surface area contributed by atoms with E-state index in [9.17, 15) is 4.79 Å². The number of nitrogens with zero attached hydrogens (tertiary/aromatic N) is 3. The summed E-state index contributed by atoms with van der Waals surface area (Å²) in [6.45, 7) is 7.04. The van der Waals surface area contributed by atoms with Gasteiger partial charge in [0.2, 0.25) is 5.91 Å². The van der Waals surface area contributed by atoms with Crippen molar-refractivity contribution in [1.29, 1.82) is 0 Å². The van der Waals surface area contributed by atoms with Crippen LogP contribution in [0.25, 0.3) is 0 Å². The van der Waals surface area contributed by atoms with Crippen molar-refractivity contribution in [3.8, 4) is 0 Å². The van der Waals surface area contributed by atoms with E-state index in [1.54, 1.807) is 0 Å². The fraction of sp³-hybridized carbons (Fsp3) is 0.800. The molecule has 0 fully saturated rings. The molecule has 21 heavy (non-hydrogen) atoms. The van der Waals surface area contributed by atoms with Crippen LogP contribution in [0.1, 0.15) is 58.6 Å². The van der Waals surface area contributed by atoms with Gasteiger partial charge in [0, 0.05) is 25.6 Å². The average Bonchev–Trinajstić information content (AvgIpc) is 2.84. The number of amides is 1. The Morgan fingerprint density at radius 1 is 1.38 bits per heavy atom. The molecule has 0 saturated heterocycles. The minimum atomic E-state index is -0.228. The molecule has 1 aromatic heterocycles. The molecule has 0 spiro atoms. The zero-order chi connectivity index (χ0) is 15.7. The number of carbonyl (C=O) groups is 1. The van der Waals surface area contributed by atoms with Crippen molar-refractivity contribution in [2.45, 2.75) is 78.0 Å². The number of hydrogen-bond acceptors (Lipinski definition) is 4. The zero-order valence-electron chi connectivity index (χ0n) is 13.4. The third kappa shape index (κ3) is 7.80. The first kappa shape index (κ1) is 17.6. The Balaban J connectivity index is 2.30. The SMILES string of the molecule is CCC(Cc1cn(CCCCCC(N)=O)nn1)OC(C)C. The van der Waals surface area contributed by atoms with Crippen molar-refractivity contribution >= 4 is 5.91 Å². The van der Waals surface area contributed by atoms with Gasteiger partial charge in [0.15, 0.2) is 0 Å². The highest BCUT2D eigenvalue weighted by Crippen LogP contribution is 2.09. The van der Waals surface area contributed by atoms with E-state index in [1.807, 2.05) is 24.7 Å². The molecule has 0 aromatic carbocycles. The summed E-state index contributed by atoms with van der Waals surface area (Å²) in [4.78, 5) is 10.6. The van der Waals surface area contributed by atoms with Crippen molar-refractivity contribution in [3.05, 3.63) is 11.9 Å². The molecule has 1 atom stereocenters. The van der Waals surface area contributed by atoms with Gasteiger partial charge in [-0.1, -0.05) is 18.6 Å². The van der Waals surface area contributed by atoms with Gasteiger partial charge in [-0.2, -0.15) is 0 Å². The van der Waals surface area contributed by atoms with Crippen LogP contribution in [0.15, 0.2) is 6.20 Å². The van der Waals surface area contributed by atoms with Crippen molar-refractivity contribution < 1.29 is 9.53 Å². The van der Waals surface area contributed by atoms with Gasteiger partial charge in [-0.25, -0.2) is 0 Å². The van der Waals surface area contributed by atoms with E-state index >= 15 is 0 Å². The number of hydrogen-bond donors (Lipinski definition) is 1. The second-order valence-corrected chi connectivity index (χ2v) is 5.67. The van der Waals surface area contributed by atoms with Crippen LogP contribution in [0, 0.1) is 0 Å². The van der Waals surface area contributed by atoms with Crippen LogP contribution in [0.2, 0.25) is 0 Å². The highest BCUT2D eigenvalue weighted by atomic mass is 16.5. The first-order chi connectivity index (χ1) is 10.0. The molecule has 2 N–H and O–H groups in total. The maximum atomic E-state index is 10.6. The quantitative estimate of drug-likeness (QED) is 0.634. The smallest absolute Gasteiger partial charge is 0.217 e. The van der Waals surface area contributed by atoms with E-state index in [4.69, 9.17) is 10.5 Å². The molecule has 0 aliphatic carbocycles. The van der Waals surface area contributed by atoms with Crippen LogP contribution in [-0.4, -0.2) is 33.1 Å². The molecule has 0 bridgehead atoms. The number of aryl methyl sites for hydroxylation is 1. The first-order valence-corrected chi connectivity index (χ1v) is 7.84. The Morgan fingerprint density at radius 3 is 2.76 bits per heavy atom. The second-order valence-electron chi connectivity index (χ2n) is 5.67. The molecule has 120 valence electrons. The van der Waals surface area contributed by atoms with Gasteiger partial charge >= 0.3 is 0 Å². The summed E-state index contributed by atoms with van der Waals surface area (Å²) in [7, 11) is 0. The zero-order valence-corrected chi connectivity index (χ0v) is 13.4. The number of carbonyl (C=O) groups excluding carboxylic acids is 1. The topological polar surface area (TPSA) is 83.0 Å². The lowest BCUT2D eigenvalue weighted by atomic mass is 10.1. The molecule has 6 heteroatoms. The van der Waals surface area contributed by atoms with Crippen molar-refractivity contribution in [2.24, 2.45) is 5.73 Å². The predicted molar refractivity (Wildman–Crippen MR) is 81.7 cm³/mol. The Bertz CT molecular complexity index is 418. The fourth-order valence-corrected chi connectivity index (χ4v) is 2.20. The summed E-state index contributed by atoms with van der Waals surface area (Å²) in [5.74, 6) is -0.228. The van der Waals surface area contributed by atoms with E-state index in [0.717, 1.165) is 44.3 Å². The molecule has 1 aromatic rings. The van der Waals surface area contributed by atoms with E-state index in [-0.39, 0.29) is 18.1 Å². The molecule has 1 rings (SSSR count). The van der Waals surface area contributed by atoms with Crippen molar-refractivity contribution in [2.75, 3.05) is 0 Å². The van der Waals surface area contributed by atoms with Gasteiger partial charge in [-0.15, -0.1) is 5.10 Å². The molecule has 1 heterocycles. The first-order valence-electron chi connectivity index (χ1n) is 7.84. The number of aromatic nitrogens is 3. The molecular weight excluding hydrogens is 268 g/mol. The van der Waals surface area contributed by atoms with Gasteiger partial charge in [0.25, 0.3) is 0 Å². The fourth-order valence-electron chi connectivity index (χ4n) is 2.20. The highest BCUT2D eigenvalue weighted by molar-refractivity contribution is 5.73. The minimum Gasteiger partial charge on any atom is -0.375 e. The van der Waals surface area contributed by atoms with E-state index in [1.165, 1.54) is 0 Å². The molecule has 0 aliphatic heterocycles. The van der Waals surface area contributed by atoms with Gasteiger partial charge in [0.1, 0.15) is 0 Å². The maximum Gasteiger partial charge on any atom is 0.217 e. The Hall–Kier alpha value is -1.43. The van der Waals surface area contributed by atoms with E-state index in [0.29, 0.717) is 6.42 Å². The molecule has 1 unspecified atom stereocenters. The summed E-state index contributed by atoms with van der Waals surface area (Å²) < 4.78 is 7.69. The van der Waals surface area contributed by atoms with E-state index in [2.05, 4.69) is 17.2 Å². The number of nitrogens with two attached hydrogens (primary N) is 1. The maximum absolute atomic E-state index is 10.6. The van der Waals surface area contributed by atoms with Crippen LogP contribution < -0.4 is 5.73 Å². The van der Waals surface area contributed by atoms with Gasteiger partial charge < -0.3 is 10.5 Å². The van der Waals surface area contributed by atoms with Gasteiger partial charge in [-0.3, -0.25) is 9.48 Å². The highest BCUT2D eigenvalue weighted by Gasteiger charge is 2.12. The Labute approximate surface area is 127 Å². The van der Waals surface area contributed by atoms with Crippen LogP contribution in [0.3, 0.4) is 0 Å². The van der Waals surface area contributed by atoms with Crippen LogP contribution >= 0.6 is 0 Å². The lowest BCUT2D eigenvalue weighted by Gasteiger charge is -2.17. The largest absolute Gasteiger partial charge is 0.375 e. The van der Waals surface area contributed by atoms with Crippen LogP contribution in [-0.2, 0) is 22.5 Å². The third-order valence-corrected chi connectivity index (χ3v) is 3.25. The second kappa shape index (κ2) is 9.50. The van der Waals surface area contributed by atoms with Gasteiger partial charge in [-0.05, 0) is 33.1 Å². The summed E-state index contributed by atoms with van der Waals surface area (Å²) in [6, 6.07) is 0. The van der Waals surface area contributed by atoms with Crippen LogP contribution in [0.4, 0.5) is 0 Å². The molecule has 6 nitrogen and oxygen atoms in total. The lowest BCUT2D eigenvalue weighted by molar-refractivity contribution is -0.118. The molecule has 1 amide bonds. The van der Waals surface area contributed by atoms with Crippen LogP contribution in [0.5, 0.6) is 0 Å². The average molecular weight is 296 g/mol. The summed E-state index contributed by atoms with van der Waals surface area (Å²) in [6.07, 6.45) is 7.46. The third-order valence-electron chi connectivity index (χ3n) is 3.25. The van der Waals surface area contributed by atoms with E-state index < -0.39 is 0 Å². The minimum absolute atomic E-state index is 0.200. The molecular formula is C15H28N4O2. The Kier molecular flexibility index (Phi) is 7.97. The number of unbranched alkanes of at least 4 members (excludes halogenated alkanes) is 2. The number of primary amides is 1. The number of rotatable bonds is 11. The summed E-state index contributed by atoms with van der Waals surface area (Å²) in [5, 5.41) is 8.33. The standard InChI is InChI=1S/C15H28N4O2/c1-4-14(21-12(2)3)10-13-11-19(18-17-13)9-7-5-6-8-15(16)20/h11-12,14H,4-10H2,1-3H3,(H2,16,20). The summed E-state index contributed by atoms with van der Waals surface area (Å²) >= 11 is 0. The Morgan fingerprint density at radius 2 is 2.14 bits per heavy atom. The molecule has 0 saturated carbocycles. The van der Waals surface area contributed by atoms with Gasteiger partial charge in [0.05, 0.1) is 17.9 Å². The normalized spacial score (nSPS) is 12.8. The monoisotopic (exact) mass is 296 g/mol.